The molecule has 2 atom stereocenters. The molecule has 0 unspecified atom stereocenters. The third-order valence-corrected chi connectivity index (χ3v) is 2.56. The maximum absolute atomic E-state index is 13.2. The highest BCUT2D eigenvalue weighted by Crippen LogP contribution is 2.19. The number of alkyl halides is 1. The fourth-order valence-corrected chi connectivity index (χ4v) is 1.51. The molecule has 0 aromatic carbocycles. The Morgan fingerprint density at radius 3 is 2.92 bits per heavy atom. The number of hydrogen-bond donors (Lipinski definition) is 0. The van der Waals surface area contributed by atoms with E-state index in [2.05, 4.69) is 4.90 Å². The van der Waals surface area contributed by atoms with Gasteiger partial charge in [-0.3, -0.25) is 4.90 Å². The smallest absolute Gasteiger partial charge is 0.115 e. The summed E-state index contributed by atoms with van der Waals surface area (Å²) in [4.78, 5) is 2.13. The van der Waals surface area contributed by atoms with Gasteiger partial charge in [-0.1, -0.05) is 6.92 Å². The van der Waals surface area contributed by atoms with Gasteiger partial charge in [0.1, 0.15) is 6.17 Å². The fourth-order valence-electron chi connectivity index (χ4n) is 1.51. The molecule has 72 valence electrons. The molecule has 1 rings (SSSR count). The molecular weight excluding hydrogens is 157 g/mol. The Kier molecular flexibility index (Phi) is 3.95. The van der Waals surface area contributed by atoms with Crippen molar-refractivity contribution in [1.29, 1.82) is 0 Å². The van der Waals surface area contributed by atoms with Crippen LogP contribution in [-0.4, -0.2) is 44.4 Å². The van der Waals surface area contributed by atoms with Crippen LogP contribution in [0.2, 0.25) is 0 Å². The average molecular weight is 175 g/mol. The van der Waals surface area contributed by atoms with Crippen LogP contribution in [0.5, 0.6) is 0 Å². The summed E-state index contributed by atoms with van der Waals surface area (Å²) in [5, 5.41) is 0. The molecule has 0 aliphatic carbocycles. The summed E-state index contributed by atoms with van der Waals surface area (Å²) >= 11 is 0. The van der Waals surface area contributed by atoms with Gasteiger partial charge in [0.15, 0.2) is 0 Å². The second kappa shape index (κ2) is 4.77. The molecule has 0 N–H and O–H groups in total. The van der Waals surface area contributed by atoms with Gasteiger partial charge in [0, 0.05) is 20.2 Å². The first kappa shape index (κ1) is 9.93. The Morgan fingerprint density at radius 2 is 2.33 bits per heavy atom. The Labute approximate surface area is 73.7 Å². The normalized spacial score (nSPS) is 32.2. The van der Waals surface area contributed by atoms with Crippen molar-refractivity contribution in [1.82, 2.24) is 4.90 Å². The topological polar surface area (TPSA) is 12.5 Å². The van der Waals surface area contributed by atoms with Crippen LogP contribution in [0.25, 0.3) is 0 Å². The molecule has 3 heteroatoms. The van der Waals surface area contributed by atoms with Gasteiger partial charge in [0.2, 0.25) is 0 Å². The number of nitrogens with zero attached hydrogens (tertiary/aromatic N) is 1. The van der Waals surface area contributed by atoms with E-state index in [1.807, 2.05) is 6.92 Å². The van der Waals surface area contributed by atoms with Crippen LogP contribution < -0.4 is 0 Å². The summed E-state index contributed by atoms with van der Waals surface area (Å²) in [6, 6.07) is 0. The van der Waals surface area contributed by atoms with Crippen molar-refractivity contribution in [3.8, 4) is 0 Å². The minimum atomic E-state index is -0.643. The monoisotopic (exact) mass is 175 g/mol. The molecule has 0 aromatic rings. The number of halogens is 1. The molecule has 2 nitrogen and oxygen atoms in total. The fraction of sp³-hybridized carbons (Fsp3) is 1.00. The van der Waals surface area contributed by atoms with E-state index >= 15 is 0 Å². The molecule has 0 saturated carbocycles. The van der Waals surface area contributed by atoms with Gasteiger partial charge in [0.25, 0.3) is 0 Å². The van der Waals surface area contributed by atoms with Gasteiger partial charge < -0.3 is 4.74 Å². The number of piperidine rings is 1. The van der Waals surface area contributed by atoms with Crippen LogP contribution in [0.3, 0.4) is 0 Å². The second-order valence-corrected chi connectivity index (χ2v) is 3.58. The summed E-state index contributed by atoms with van der Waals surface area (Å²) in [5.41, 5.74) is 0. The molecule has 1 saturated heterocycles. The van der Waals surface area contributed by atoms with E-state index in [4.69, 9.17) is 4.74 Å². The quantitative estimate of drug-likeness (QED) is 0.641. The van der Waals surface area contributed by atoms with Gasteiger partial charge in [0.05, 0.1) is 6.61 Å². The molecule has 0 bridgehead atoms. The van der Waals surface area contributed by atoms with E-state index in [1.165, 1.54) is 0 Å². The highest BCUT2D eigenvalue weighted by molar-refractivity contribution is 4.77. The van der Waals surface area contributed by atoms with Gasteiger partial charge in [-0.05, 0) is 18.9 Å². The molecule has 1 aliphatic heterocycles. The molecule has 12 heavy (non-hydrogen) atoms. The highest BCUT2D eigenvalue weighted by Gasteiger charge is 2.24. The summed E-state index contributed by atoms with van der Waals surface area (Å²) in [5.74, 6) is 0.240. The van der Waals surface area contributed by atoms with Gasteiger partial charge >= 0.3 is 0 Å². The predicted molar refractivity (Wildman–Crippen MR) is 47.0 cm³/mol. The van der Waals surface area contributed by atoms with Crippen molar-refractivity contribution in [3.63, 3.8) is 0 Å². The lowest BCUT2D eigenvalue weighted by Crippen LogP contribution is -2.42. The van der Waals surface area contributed by atoms with E-state index in [0.29, 0.717) is 13.2 Å². The lowest BCUT2D eigenvalue weighted by molar-refractivity contribution is 0.0699. The first-order chi connectivity index (χ1) is 5.74. The van der Waals surface area contributed by atoms with E-state index in [0.717, 1.165) is 19.5 Å². The predicted octanol–water partition coefficient (Wildman–Crippen LogP) is 1.31. The van der Waals surface area contributed by atoms with E-state index in [9.17, 15) is 4.39 Å². The molecule has 0 amide bonds. The zero-order valence-corrected chi connectivity index (χ0v) is 7.92. The number of rotatable bonds is 3. The molecule has 0 aromatic heterocycles. The first-order valence-corrected chi connectivity index (χ1v) is 4.59. The third-order valence-electron chi connectivity index (χ3n) is 2.56. The Bertz CT molecular complexity index is 130. The number of ether oxygens (including phenoxy) is 1. The minimum Gasteiger partial charge on any atom is -0.383 e. The van der Waals surface area contributed by atoms with Crippen molar-refractivity contribution < 1.29 is 9.13 Å². The Morgan fingerprint density at radius 1 is 1.58 bits per heavy atom. The Balaban J connectivity index is 2.21. The average Bonchev–Trinajstić information content (AvgIpc) is 2.07. The molecular formula is C9H18FNO. The van der Waals surface area contributed by atoms with Crippen molar-refractivity contribution >= 4 is 0 Å². The maximum atomic E-state index is 13.2. The van der Waals surface area contributed by atoms with Crippen LogP contribution in [-0.2, 0) is 4.74 Å². The lowest BCUT2D eigenvalue weighted by atomic mass is 9.97. The van der Waals surface area contributed by atoms with Crippen LogP contribution >= 0.6 is 0 Å². The third kappa shape index (κ3) is 2.72. The second-order valence-electron chi connectivity index (χ2n) is 3.58. The summed E-state index contributed by atoms with van der Waals surface area (Å²) in [6.45, 7) is 5.17. The Hall–Kier alpha value is -0.150. The van der Waals surface area contributed by atoms with Crippen molar-refractivity contribution in [2.75, 3.05) is 33.4 Å². The minimum absolute atomic E-state index is 0.240. The number of methoxy groups -OCH3 is 1. The van der Waals surface area contributed by atoms with Gasteiger partial charge in [-0.25, -0.2) is 4.39 Å². The maximum Gasteiger partial charge on any atom is 0.115 e. The molecule has 0 spiro atoms. The van der Waals surface area contributed by atoms with E-state index < -0.39 is 6.17 Å². The van der Waals surface area contributed by atoms with Crippen LogP contribution in [0.1, 0.15) is 13.3 Å². The standard InChI is InChI=1S/C9H18FNO/c1-8-3-4-11(5-6-12-2)7-9(8)10/h8-9H,3-7H2,1-2H3/t8-,9+/m1/s1. The van der Waals surface area contributed by atoms with Gasteiger partial charge in [-0.15, -0.1) is 0 Å². The van der Waals surface area contributed by atoms with Crippen LogP contribution in [0.4, 0.5) is 4.39 Å². The molecule has 1 fully saturated rings. The number of likely N-dealkylation sites (tertiary alicyclic amines) is 1. The highest BCUT2D eigenvalue weighted by atomic mass is 19.1. The van der Waals surface area contributed by atoms with Gasteiger partial charge in [-0.2, -0.15) is 0 Å². The molecule has 1 aliphatic rings. The van der Waals surface area contributed by atoms with E-state index in [1.54, 1.807) is 7.11 Å². The summed E-state index contributed by atoms with van der Waals surface area (Å²) < 4.78 is 18.1. The van der Waals surface area contributed by atoms with Crippen molar-refractivity contribution in [3.05, 3.63) is 0 Å². The van der Waals surface area contributed by atoms with Crippen LogP contribution in [0, 0.1) is 5.92 Å². The zero-order valence-electron chi connectivity index (χ0n) is 7.92. The van der Waals surface area contributed by atoms with Crippen molar-refractivity contribution in [2.45, 2.75) is 19.5 Å². The summed E-state index contributed by atoms with van der Waals surface area (Å²) in [6.07, 6.45) is 0.334. The first-order valence-electron chi connectivity index (χ1n) is 4.59. The van der Waals surface area contributed by atoms with Crippen molar-refractivity contribution in [2.24, 2.45) is 5.92 Å². The summed E-state index contributed by atoms with van der Waals surface area (Å²) in [7, 11) is 1.68. The molecule has 0 radical (unpaired) electrons. The largest absolute Gasteiger partial charge is 0.383 e. The van der Waals surface area contributed by atoms with Crippen LogP contribution in [0.15, 0.2) is 0 Å². The SMILES string of the molecule is COCCN1CC[C@@H](C)[C@@H](F)C1. The van der Waals surface area contributed by atoms with E-state index in [-0.39, 0.29) is 5.92 Å². The lowest BCUT2D eigenvalue weighted by Gasteiger charge is -2.32. The zero-order chi connectivity index (χ0) is 8.97. The molecule has 1 heterocycles. The number of hydrogen-bond acceptors (Lipinski definition) is 2.